The number of nitrogens with one attached hydrogen (secondary N) is 1. The van der Waals surface area contributed by atoms with Crippen LogP contribution in [0.15, 0.2) is 60.7 Å². The Hall–Kier alpha value is -4.28. The molecule has 3 aromatic carbocycles. The summed E-state index contributed by atoms with van der Waals surface area (Å²) in [5, 5.41) is 25.7. The number of hydrogen-bond donors (Lipinski definition) is 2. The van der Waals surface area contributed by atoms with Gasteiger partial charge in [-0.15, -0.1) is 0 Å². The van der Waals surface area contributed by atoms with E-state index in [1.807, 2.05) is 12.1 Å². The zero-order chi connectivity index (χ0) is 26.1. The van der Waals surface area contributed by atoms with Gasteiger partial charge in [-0.05, 0) is 70.9 Å². The third-order valence-electron chi connectivity index (χ3n) is 6.68. The van der Waals surface area contributed by atoms with Gasteiger partial charge in [-0.1, -0.05) is 54.4 Å². The first-order chi connectivity index (χ1) is 17.9. The van der Waals surface area contributed by atoms with Crippen LogP contribution >= 0.6 is 11.6 Å². The van der Waals surface area contributed by atoms with Crippen molar-refractivity contribution in [3.63, 3.8) is 0 Å². The molecule has 0 saturated heterocycles. The van der Waals surface area contributed by atoms with Gasteiger partial charge in [-0.2, -0.15) is 14.8 Å². The van der Waals surface area contributed by atoms with Crippen molar-refractivity contribution < 1.29 is 18.7 Å². The molecular weight excluding hydrogens is 496 g/mol. The van der Waals surface area contributed by atoms with Gasteiger partial charge < -0.3 is 5.11 Å². The number of carbonyl (C=O) groups is 1. The average Bonchev–Trinajstić information content (AvgIpc) is 3.23. The number of hydrogen-bond acceptors (Lipinski definition) is 3. The van der Waals surface area contributed by atoms with Crippen molar-refractivity contribution >= 4 is 45.7 Å². The second-order valence-electron chi connectivity index (χ2n) is 8.87. The molecule has 1 aromatic heterocycles. The molecule has 37 heavy (non-hydrogen) atoms. The normalized spacial score (nSPS) is 14.4. The monoisotopic (exact) mass is 515 g/mol. The number of aromatic amines is 1. The number of carboxylic acids is 1. The van der Waals surface area contributed by atoms with Crippen LogP contribution in [0.4, 0.5) is 8.78 Å². The summed E-state index contributed by atoms with van der Waals surface area (Å²) in [6, 6.07) is 17.0. The van der Waals surface area contributed by atoms with Gasteiger partial charge in [0.25, 0.3) is 0 Å². The van der Waals surface area contributed by atoms with E-state index in [1.165, 1.54) is 18.2 Å². The van der Waals surface area contributed by atoms with Gasteiger partial charge in [-0.3, -0.25) is 5.10 Å². The number of nitriles is 1. The number of nitrogens with zero attached hydrogens (tertiary/aromatic N) is 2. The van der Waals surface area contributed by atoms with Crippen molar-refractivity contribution in [2.45, 2.75) is 19.3 Å². The van der Waals surface area contributed by atoms with Crippen LogP contribution in [0.1, 0.15) is 47.1 Å². The summed E-state index contributed by atoms with van der Waals surface area (Å²) < 4.78 is 28.7. The lowest BCUT2D eigenvalue weighted by molar-refractivity contribution is -0.131. The second kappa shape index (κ2) is 10.00. The molecule has 0 unspecified atom stereocenters. The van der Waals surface area contributed by atoms with E-state index in [0.717, 1.165) is 36.5 Å². The highest BCUT2D eigenvalue weighted by atomic mass is 35.5. The Kier molecular flexibility index (Phi) is 6.60. The first-order valence-electron chi connectivity index (χ1n) is 11.7. The van der Waals surface area contributed by atoms with Crippen molar-refractivity contribution in [2.75, 3.05) is 0 Å². The topological polar surface area (TPSA) is 89.8 Å². The van der Waals surface area contributed by atoms with E-state index >= 15 is 0 Å². The van der Waals surface area contributed by atoms with Crippen molar-refractivity contribution in [1.82, 2.24) is 10.2 Å². The van der Waals surface area contributed by atoms with Gasteiger partial charge in [0, 0.05) is 11.6 Å². The number of H-pyrrole nitrogens is 1. The SMILES string of the molecule is N#Cc1c(/C(=C(/c2ccc(F)cc2Cl)C2CCC2)c2ccc(/C=C/C(=O)O)cc2)ccc2n[nH]c(F)c12. The van der Waals surface area contributed by atoms with E-state index < -0.39 is 17.7 Å². The average molecular weight is 516 g/mol. The van der Waals surface area contributed by atoms with Gasteiger partial charge in [0.15, 0.2) is 0 Å². The fraction of sp³-hybridized carbons (Fsp3) is 0.138. The molecule has 1 fully saturated rings. The van der Waals surface area contributed by atoms with Crippen LogP contribution < -0.4 is 0 Å². The number of halogens is 3. The molecule has 1 aliphatic rings. The molecule has 8 heteroatoms. The molecule has 0 amide bonds. The fourth-order valence-corrected chi connectivity index (χ4v) is 5.01. The lowest BCUT2D eigenvalue weighted by Gasteiger charge is -2.32. The molecule has 1 saturated carbocycles. The van der Waals surface area contributed by atoms with E-state index in [2.05, 4.69) is 16.3 Å². The van der Waals surface area contributed by atoms with Crippen molar-refractivity contribution in [2.24, 2.45) is 5.92 Å². The van der Waals surface area contributed by atoms with Gasteiger partial charge >= 0.3 is 5.97 Å². The number of aromatic nitrogens is 2. The first kappa shape index (κ1) is 24.4. The summed E-state index contributed by atoms with van der Waals surface area (Å²) in [7, 11) is 0. The predicted octanol–water partition coefficient (Wildman–Crippen LogP) is 7.22. The Morgan fingerprint density at radius 2 is 1.84 bits per heavy atom. The minimum atomic E-state index is -1.06. The Morgan fingerprint density at radius 3 is 2.46 bits per heavy atom. The van der Waals surface area contributed by atoms with Gasteiger partial charge in [-0.25, -0.2) is 9.18 Å². The highest BCUT2D eigenvalue weighted by Gasteiger charge is 2.30. The Balaban J connectivity index is 1.84. The standard InChI is InChI=1S/C29H20ClF2N3O2/c30-23-14-19(31)9-10-21(23)27(17-2-1-3-17)26(18-7-4-16(5-8-18)6-13-25(36)37)20-11-12-24-28(22(20)15-33)29(32)35-34-24/h4-14,17H,1-3H2,(H,34,35)(H,36,37)/b13-6+,27-26+. The zero-order valence-electron chi connectivity index (χ0n) is 19.4. The number of carboxylic acid groups (broad SMARTS) is 1. The second-order valence-corrected chi connectivity index (χ2v) is 9.27. The summed E-state index contributed by atoms with van der Waals surface area (Å²) >= 11 is 6.56. The van der Waals surface area contributed by atoms with Crippen LogP contribution in [0.25, 0.3) is 28.1 Å². The number of benzene rings is 3. The van der Waals surface area contributed by atoms with Crippen molar-refractivity contribution in [3.05, 3.63) is 105 Å². The van der Waals surface area contributed by atoms with Crippen LogP contribution in [0, 0.1) is 29.0 Å². The first-order valence-corrected chi connectivity index (χ1v) is 12.0. The van der Waals surface area contributed by atoms with Gasteiger partial charge in [0.1, 0.15) is 11.9 Å². The minimum Gasteiger partial charge on any atom is -0.478 e. The van der Waals surface area contributed by atoms with E-state index in [-0.39, 0.29) is 21.9 Å². The number of aliphatic carboxylic acids is 1. The molecule has 0 aliphatic heterocycles. The summed E-state index contributed by atoms with van der Waals surface area (Å²) in [6.07, 6.45) is 5.31. The largest absolute Gasteiger partial charge is 0.478 e. The summed E-state index contributed by atoms with van der Waals surface area (Å²) in [5.41, 5.74) is 4.55. The lowest BCUT2D eigenvalue weighted by Crippen LogP contribution is -2.16. The molecule has 1 aliphatic carbocycles. The third-order valence-corrected chi connectivity index (χ3v) is 6.99. The number of allylic oxidation sites excluding steroid dienone is 1. The zero-order valence-corrected chi connectivity index (χ0v) is 20.2. The smallest absolute Gasteiger partial charge is 0.328 e. The van der Waals surface area contributed by atoms with Gasteiger partial charge in [0.2, 0.25) is 5.95 Å². The molecule has 0 radical (unpaired) electrons. The maximum absolute atomic E-state index is 14.7. The van der Waals surface area contributed by atoms with Gasteiger partial charge in [0.05, 0.1) is 21.5 Å². The highest BCUT2D eigenvalue weighted by molar-refractivity contribution is 6.33. The van der Waals surface area contributed by atoms with E-state index in [1.54, 1.807) is 30.3 Å². The molecule has 0 spiro atoms. The molecule has 4 aromatic rings. The third kappa shape index (κ3) is 4.64. The number of rotatable bonds is 6. The molecule has 184 valence electrons. The summed E-state index contributed by atoms with van der Waals surface area (Å²) in [4.78, 5) is 10.9. The highest BCUT2D eigenvalue weighted by Crippen LogP contribution is 2.47. The van der Waals surface area contributed by atoms with Crippen LogP contribution in [-0.2, 0) is 4.79 Å². The maximum Gasteiger partial charge on any atom is 0.328 e. The maximum atomic E-state index is 14.7. The number of fused-ring (bicyclic) bond motifs is 1. The van der Waals surface area contributed by atoms with Crippen LogP contribution in [0.5, 0.6) is 0 Å². The lowest BCUT2D eigenvalue weighted by atomic mass is 9.72. The predicted molar refractivity (Wildman–Crippen MR) is 139 cm³/mol. The van der Waals surface area contributed by atoms with E-state index in [4.69, 9.17) is 16.7 Å². The van der Waals surface area contributed by atoms with Crippen LogP contribution in [0.2, 0.25) is 5.02 Å². The van der Waals surface area contributed by atoms with Crippen molar-refractivity contribution in [3.8, 4) is 6.07 Å². The molecular formula is C29H20ClF2N3O2. The Labute approximate surface area is 216 Å². The minimum absolute atomic E-state index is 0.0941. The molecule has 0 bridgehead atoms. The fourth-order valence-electron chi connectivity index (χ4n) is 4.74. The quantitative estimate of drug-likeness (QED) is 0.209. The Morgan fingerprint density at radius 1 is 1.11 bits per heavy atom. The van der Waals surface area contributed by atoms with Crippen molar-refractivity contribution in [1.29, 1.82) is 5.26 Å². The van der Waals surface area contributed by atoms with E-state index in [0.29, 0.717) is 27.8 Å². The molecule has 5 nitrogen and oxygen atoms in total. The van der Waals surface area contributed by atoms with Crippen LogP contribution in [0.3, 0.4) is 0 Å². The molecule has 0 atom stereocenters. The molecule has 5 rings (SSSR count). The molecule has 2 N–H and O–H groups in total. The molecule has 1 heterocycles. The van der Waals surface area contributed by atoms with Crippen LogP contribution in [-0.4, -0.2) is 21.3 Å². The summed E-state index contributed by atoms with van der Waals surface area (Å²) in [5.74, 6) is -2.12. The van der Waals surface area contributed by atoms with E-state index in [9.17, 15) is 18.8 Å². The Bertz CT molecular complexity index is 1630. The summed E-state index contributed by atoms with van der Waals surface area (Å²) in [6.45, 7) is 0.